The Hall–Kier alpha value is -0.0800. The first-order chi connectivity index (χ1) is 4.31. The average molecular weight is 130 g/mol. The van der Waals surface area contributed by atoms with Gasteiger partial charge in [0.2, 0.25) is 0 Å². The molecule has 0 spiro atoms. The molecule has 9 heavy (non-hydrogen) atoms. The van der Waals surface area contributed by atoms with Gasteiger partial charge in [-0.15, -0.1) is 0 Å². The highest BCUT2D eigenvalue weighted by Gasteiger charge is 1.93. The van der Waals surface area contributed by atoms with Crippen molar-refractivity contribution in [2.45, 2.75) is 26.3 Å². The molecule has 0 radical (unpaired) electrons. The van der Waals surface area contributed by atoms with Crippen LogP contribution in [0.4, 0.5) is 0 Å². The van der Waals surface area contributed by atoms with Crippen molar-refractivity contribution in [2.24, 2.45) is 0 Å². The van der Waals surface area contributed by atoms with Gasteiger partial charge < -0.3 is 10.6 Å². The van der Waals surface area contributed by atoms with Crippen molar-refractivity contribution >= 4 is 0 Å². The lowest BCUT2D eigenvalue weighted by atomic mass is 10.3. The van der Waals surface area contributed by atoms with Crippen molar-refractivity contribution in [1.29, 1.82) is 0 Å². The summed E-state index contributed by atoms with van der Waals surface area (Å²) in [5.41, 5.74) is 0. The van der Waals surface area contributed by atoms with Crippen molar-refractivity contribution < 1.29 is 0 Å². The van der Waals surface area contributed by atoms with Crippen LogP contribution in [0.1, 0.15) is 20.3 Å². The van der Waals surface area contributed by atoms with Crippen LogP contribution in [0.5, 0.6) is 0 Å². The molecule has 56 valence electrons. The molecule has 2 N–H and O–H groups in total. The second-order valence-electron chi connectivity index (χ2n) is 2.39. The van der Waals surface area contributed by atoms with Crippen LogP contribution in [0.15, 0.2) is 0 Å². The normalized spacial score (nSPS) is 13.7. The third-order valence-electron chi connectivity index (χ3n) is 1.37. The lowest BCUT2D eigenvalue weighted by Gasteiger charge is -2.09. The molecule has 1 atom stereocenters. The highest BCUT2D eigenvalue weighted by Crippen LogP contribution is 1.75. The van der Waals surface area contributed by atoms with E-state index >= 15 is 0 Å². The molecule has 0 saturated carbocycles. The van der Waals surface area contributed by atoms with Crippen molar-refractivity contribution in [3.05, 3.63) is 0 Å². The first-order valence-corrected chi connectivity index (χ1v) is 3.69. The zero-order valence-corrected chi connectivity index (χ0v) is 6.70. The van der Waals surface area contributed by atoms with Crippen molar-refractivity contribution in [3.8, 4) is 0 Å². The lowest BCUT2D eigenvalue weighted by molar-refractivity contribution is 0.540. The van der Waals surface area contributed by atoms with E-state index in [1.54, 1.807) is 0 Å². The summed E-state index contributed by atoms with van der Waals surface area (Å²) in [4.78, 5) is 0. The summed E-state index contributed by atoms with van der Waals surface area (Å²) in [7, 11) is 1.98. The van der Waals surface area contributed by atoms with E-state index in [-0.39, 0.29) is 0 Å². The quantitative estimate of drug-likeness (QED) is 0.532. The van der Waals surface area contributed by atoms with Gasteiger partial charge in [-0.1, -0.05) is 6.92 Å². The van der Waals surface area contributed by atoms with Crippen LogP contribution in [-0.4, -0.2) is 26.2 Å². The summed E-state index contributed by atoms with van der Waals surface area (Å²) >= 11 is 0. The van der Waals surface area contributed by atoms with E-state index in [2.05, 4.69) is 24.5 Å². The van der Waals surface area contributed by atoms with Crippen LogP contribution in [0.25, 0.3) is 0 Å². The predicted molar refractivity (Wildman–Crippen MR) is 41.7 cm³/mol. The van der Waals surface area contributed by atoms with Gasteiger partial charge in [-0.3, -0.25) is 0 Å². The van der Waals surface area contributed by atoms with Gasteiger partial charge >= 0.3 is 0 Å². The number of nitrogens with one attached hydrogen (secondary N) is 2. The smallest absolute Gasteiger partial charge is 0.0161 e. The van der Waals surface area contributed by atoms with E-state index < -0.39 is 0 Å². The van der Waals surface area contributed by atoms with Crippen LogP contribution in [0.2, 0.25) is 0 Å². The number of likely N-dealkylation sites (N-methyl/N-ethyl adjacent to an activating group) is 1. The lowest BCUT2D eigenvalue weighted by Crippen LogP contribution is -2.34. The van der Waals surface area contributed by atoms with E-state index in [0.29, 0.717) is 6.04 Å². The van der Waals surface area contributed by atoms with E-state index in [0.717, 1.165) is 13.1 Å². The summed E-state index contributed by atoms with van der Waals surface area (Å²) in [5, 5.41) is 6.48. The van der Waals surface area contributed by atoms with Crippen molar-refractivity contribution in [2.75, 3.05) is 20.1 Å². The van der Waals surface area contributed by atoms with Crippen LogP contribution >= 0.6 is 0 Å². The maximum atomic E-state index is 3.32. The predicted octanol–water partition coefficient (Wildman–Crippen LogP) is 0.594. The Bertz CT molecular complexity index is 54.9. The molecule has 2 heteroatoms. The Morgan fingerprint density at radius 2 is 2.11 bits per heavy atom. The standard InChI is InChI=1S/C7H18N2/c1-4-5-9-6-7(2)8-3/h7-9H,4-6H2,1-3H3/t7-/m0/s1. The molecule has 0 amide bonds. The zero-order chi connectivity index (χ0) is 7.11. The van der Waals surface area contributed by atoms with Gasteiger partial charge in [-0.2, -0.15) is 0 Å². The maximum Gasteiger partial charge on any atom is 0.0161 e. The molecule has 0 aliphatic rings. The summed E-state index contributed by atoms with van der Waals surface area (Å²) in [6.45, 7) is 6.55. The minimum atomic E-state index is 0.594. The van der Waals surface area contributed by atoms with Gasteiger partial charge in [-0.05, 0) is 26.9 Å². The van der Waals surface area contributed by atoms with Gasteiger partial charge in [0.1, 0.15) is 0 Å². The van der Waals surface area contributed by atoms with Crippen LogP contribution < -0.4 is 10.6 Å². The number of hydrogen-bond acceptors (Lipinski definition) is 2. The van der Waals surface area contributed by atoms with Crippen molar-refractivity contribution in [1.82, 2.24) is 10.6 Å². The van der Waals surface area contributed by atoms with Crippen LogP contribution in [0, 0.1) is 0 Å². The topological polar surface area (TPSA) is 24.1 Å². The zero-order valence-electron chi connectivity index (χ0n) is 6.70. The fourth-order valence-electron chi connectivity index (χ4n) is 0.597. The first kappa shape index (κ1) is 8.92. The van der Waals surface area contributed by atoms with Crippen molar-refractivity contribution in [3.63, 3.8) is 0 Å². The third kappa shape index (κ3) is 5.80. The van der Waals surface area contributed by atoms with E-state index in [4.69, 9.17) is 0 Å². The number of rotatable bonds is 5. The molecule has 0 saturated heterocycles. The molecule has 0 aromatic heterocycles. The molecule has 0 bridgehead atoms. The molecule has 0 heterocycles. The average Bonchev–Trinajstić information content (AvgIpc) is 1.89. The summed E-state index contributed by atoms with van der Waals surface area (Å²) in [5.74, 6) is 0. The highest BCUT2D eigenvalue weighted by atomic mass is 14.9. The molecule has 0 fully saturated rings. The molecule has 0 unspecified atom stereocenters. The monoisotopic (exact) mass is 130 g/mol. The Kier molecular flexibility index (Phi) is 5.99. The minimum Gasteiger partial charge on any atom is -0.316 e. The second kappa shape index (κ2) is 6.05. The third-order valence-corrected chi connectivity index (χ3v) is 1.37. The fourth-order valence-corrected chi connectivity index (χ4v) is 0.597. The van der Waals surface area contributed by atoms with Gasteiger partial charge in [0.05, 0.1) is 0 Å². The molecular weight excluding hydrogens is 112 g/mol. The largest absolute Gasteiger partial charge is 0.316 e. The Morgan fingerprint density at radius 1 is 1.44 bits per heavy atom. The molecule has 0 aromatic rings. The summed E-state index contributed by atoms with van der Waals surface area (Å²) in [6.07, 6.45) is 1.22. The molecule has 0 aromatic carbocycles. The molecule has 0 aliphatic heterocycles. The molecular formula is C7H18N2. The van der Waals surface area contributed by atoms with E-state index in [1.165, 1.54) is 6.42 Å². The number of hydrogen-bond donors (Lipinski definition) is 2. The highest BCUT2D eigenvalue weighted by molar-refractivity contribution is 4.59. The first-order valence-electron chi connectivity index (χ1n) is 3.69. The fraction of sp³-hybridized carbons (Fsp3) is 1.00. The Morgan fingerprint density at radius 3 is 2.56 bits per heavy atom. The van der Waals surface area contributed by atoms with Crippen LogP contribution in [-0.2, 0) is 0 Å². The van der Waals surface area contributed by atoms with Gasteiger partial charge in [-0.25, -0.2) is 0 Å². The summed E-state index contributed by atoms with van der Waals surface area (Å²) < 4.78 is 0. The minimum absolute atomic E-state index is 0.594. The maximum absolute atomic E-state index is 3.32. The molecule has 2 nitrogen and oxygen atoms in total. The van der Waals surface area contributed by atoms with E-state index in [9.17, 15) is 0 Å². The SMILES string of the molecule is CCCNC[C@H](C)NC. The second-order valence-corrected chi connectivity index (χ2v) is 2.39. The van der Waals surface area contributed by atoms with Gasteiger partial charge in [0, 0.05) is 12.6 Å². The molecule has 0 aliphatic carbocycles. The Balaban J connectivity index is 2.88. The molecule has 0 rings (SSSR count). The Labute approximate surface area is 58.0 Å². The summed E-state index contributed by atoms with van der Waals surface area (Å²) in [6, 6.07) is 0.594. The van der Waals surface area contributed by atoms with Crippen LogP contribution in [0.3, 0.4) is 0 Å². The van der Waals surface area contributed by atoms with Gasteiger partial charge in [0.25, 0.3) is 0 Å². The van der Waals surface area contributed by atoms with E-state index in [1.807, 2.05) is 7.05 Å². The van der Waals surface area contributed by atoms with Gasteiger partial charge in [0.15, 0.2) is 0 Å².